The number of benzene rings is 3. The van der Waals surface area contributed by atoms with Gasteiger partial charge in [-0.15, -0.1) is 0 Å². The maximum atomic E-state index is 13.6. The molecule has 0 aliphatic heterocycles. The number of carbonyl (C=O) groups excluding carboxylic acids is 2. The van der Waals surface area contributed by atoms with Crippen molar-refractivity contribution in [2.45, 2.75) is 45.3 Å². The maximum absolute atomic E-state index is 13.6. The molecule has 0 fully saturated rings. The SMILES string of the molecule is CC[C@@H](C)NC(=O)[C@H](Cc1ccccc1)N(Cc1ccc(Cl)c(Cl)c1)C(=O)COc1ccc(OC)cc1. The first kappa shape index (κ1) is 28.4. The minimum absolute atomic E-state index is 0.0387. The molecule has 0 saturated carbocycles. The van der Waals surface area contributed by atoms with Gasteiger partial charge in [0.25, 0.3) is 5.91 Å². The zero-order valence-electron chi connectivity index (χ0n) is 21.2. The number of halogens is 2. The fraction of sp³-hybridized carbons (Fsp3) is 0.310. The van der Waals surface area contributed by atoms with E-state index in [1.54, 1.807) is 54.5 Å². The first-order valence-corrected chi connectivity index (χ1v) is 12.9. The third-order valence-electron chi connectivity index (χ3n) is 6.03. The molecular weight excluding hydrogens is 511 g/mol. The van der Waals surface area contributed by atoms with Gasteiger partial charge in [-0.2, -0.15) is 0 Å². The van der Waals surface area contributed by atoms with Crippen LogP contribution in [-0.2, 0) is 22.6 Å². The van der Waals surface area contributed by atoms with E-state index in [-0.39, 0.29) is 31.0 Å². The van der Waals surface area contributed by atoms with Gasteiger partial charge in [0.2, 0.25) is 5.91 Å². The lowest BCUT2D eigenvalue weighted by atomic mass is 10.0. The van der Waals surface area contributed by atoms with Crippen LogP contribution in [0.1, 0.15) is 31.4 Å². The summed E-state index contributed by atoms with van der Waals surface area (Å²) in [5.74, 6) is 0.648. The molecule has 3 aromatic carbocycles. The van der Waals surface area contributed by atoms with E-state index in [1.807, 2.05) is 44.2 Å². The number of rotatable bonds is 12. The van der Waals surface area contributed by atoms with Crippen LogP contribution in [0.3, 0.4) is 0 Å². The summed E-state index contributed by atoms with van der Waals surface area (Å²) < 4.78 is 11.0. The Balaban J connectivity index is 1.91. The molecule has 0 aliphatic carbocycles. The number of ether oxygens (including phenoxy) is 2. The largest absolute Gasteiger partial charge is 0.497 e. The second kappa shape index (κ2) is 13.9. The highest BCUT2D eigenvalue weighted by Gasteiger charge is 2.31. The van der Waals surface area contributed by atoms with Crippen molar-refractivity contribution in [1.82, 2.24) is 10.2 Å². The Bertz CT molecular complexity index is 1170. The van der Waals surface area contributed by atoms with E-state index in [0.717, 1.165) is 17.5 Å². The molecule has 1 N–H and O–H groups in total. The maximum Gasteiger partial charge on any atom is 0.261 e. The lowest BCUT2D eigenvalue weighted by molar-refractivity contribution is -0.143. The molecule has 196 valence electrons. The molecule has 6 nitrogen and oxygen atoms in total. The molecule has 0 bridgehead atoms. The molecule has 0 aromatic heterocycles. The van der Waals surface area contributed by atoms with Crippen molar-refractivity contribution < 1.29 is 19.1 Å². The minimum Gasteiger partial charge on any atom is -0.497 e. The number of amides is 2. The van der Waals surface area contributed by atoms with Gasteiger partial charge >= 0.3 is 0 Å². The van der Waals surface area contributed by atoms with Crippen LogP contribution in [0.4, 0.5) is 0 Å². The van der Waals surface area contributed by atoms with Gasteiger partial charge in [-0.25, -0.2) is 0 Å². The Kier molecular flexibility index (Phi) is 10.7. The normalized spacial score (nSPS) is 12.4. The summed E-state index contributed by atoms with van der Waals surface area (Å²) in [6, 6.07) is 21.0. The number of nitrogens with one attached hydrogen (secondary N) is 1. The van der Waals surface area contributed by atoms with E-state index >= 15 is 0 Å². The van der Waals surface area contributed by atoms with Crippen LogP contribution in [-0.4, -0.2) is 42.5 Å². The zero-order chi connectivity index (χ0) is 26.8. The average molecular weight is 543 g/mol. The molecule has 8 heteroatoms. The number of methoxy groups -OCH3 is 1. The highest BCUT2D eigenvalue weighted by Crippen LogP contribution is 2.25. The van der Waals surface area contributed by atoms with Crippen molar-refractivity contribution in [2.75, 3.05) is 13.7 Å². The summed E-state index contributed by atoms with van der Waals surface area (Å²) in [5.41, 5.74) is 1.69. The second-order valence-electron chi connectivity index (χ2n) is 8.76. The van der Waals surface area contributed by atoms with Crippen molar-refractivity contribution >= 4 is 35.0 Å². The molecule has 2 amide bonds. The number of hydrogen-bond acceptors (Lipinski definition) is 4. The van der Waals surface area contributed by atoms with Crippen LogP contribution in [0.15, 0.2) is 72.8 Å². The Morgan fingerprint density at radius 3 is 2.22 bits per heavy atom. The molecule has 37 heavy (non-hydrogen) atoms. The smallest absolute Gasteiger partial charge is 0.261 e. The fourth-order valence-electron chi connectivity index (χ4n) is 3.73. The number of hydrogen-bond donors (Lipinski definition) is 1. The summed E-state index contributed by atoms with van der Waals surface area (Å²) in [4.78, 5) is 28.7. The van der Waals surface area contributed by atoms with Crippen molar-refractivity contribution in [3.05, 3.63) is 94.0 Å². The van der Waals surface area contributed by atoms with Gasteiger partial charge in [0.15, 0.2) is 6.61 Å². The van der Waals surface area contributed by atoms with Crippen molar-refractivity contribution in [1.29, 1.82) is 0 Å². The Morgan fingerprint density at radius 2 is 1.59 bits per heavy atom. The van der Waals surface area contributed by atoms with Gasteiger partial charge in [0.1, 0.15) is 17.5 Å². The van der Waals surface area contributed by atoms with Crippen LogP contribution in [0.25, 0.3) is 0 Å². The molecular formula is C29H32Cl2N2O4. The number of carbonyl (C=O) groups is 2. The molecule has 0 unspecified atom stereocenters. The van der Waals surface area contributed by atoms with E-state index in [9.17, 15) is 9.59 Å². The van der Waals surface area contributed by atoms with Gasteiger partial charge in [0, 0.05) is 19.0 Å². The molecule has 0 heterocycles. The topological polar surface area (TPSA) is 67.9 Å². The van der Waals surface area contributed by atoms with Crippen LogP contribution in [0.5, 0.6) is 11.5 Å². The number of nitrogens with zero attached hydrogens (tertiary/aromatic N) is 1. The summed E-state index contributed by atoms with van der Waals surface area (Å²) >= 11 is 12.4. The molecule has 2 atom stereocenters. The second-order valence-corrected chi connectivity index (χ2v) is 9.57. The predicted octanol–water partition coefficient (Wildman–Crippen LogP) is 5.94. The predicted molar refractivity (Wildman–Crippen MR) is 147 cm³/mol. The third kappa shape index (κ3) is 8.41. The lowest BCUT2D eigenvalue weighted by Gasteiger charge is -2.32. The van der Waals surface area contributed by atoms with Gasteiger partial charge in [-0.3, -0.25) is 9.59 Å². The Hall–Kier alpha value is -3.22. The van der Waals surface area contributed by atoms with E-state index < -0.39 is 6.04 Å². The first-order valence-electron chi connectivity index (χ1n) is 12.1. The van der Waals surface area contributed by atoms with Gasteiger partial charge < -0.3 is 19.7 Å². The zero-order valence-corrected chi connectivity index (χ0v) is 22.8. The third-order valence-corrected chi connectivity index (χ3v) is 6.77. The van der Waals surface area contributed by atoms with Gasteiger partial charge in [-0.1, -0.05) is 66.5 Å². The highest BCUT2D eigenvalue weighted by molar-refractivity contribution is 6.42. The van der Waals surface area contributed by atoms with Crippen LogP contribution in [0, 0.1) is 0 Å². The Morgan fingerprint density at radius 1 is 0.919 bits per heavy atom. The minimum atomic E-state index is -0.766. The van der Waals surface area contributed by atoms with Crippen molar-refractivity contribution in [2.24, 2.45) is 0 Å². The molecule has 3 rings (SSSR count). The molecule has 0 radical (unpaired) electrons. The van der Waals surface area contributed by atoms with E-state index in [2.05, 4.69) is 5.32 Å². The quantitative estimate of drug-likeness (QED) is 0.307. The van der Waals surface area contributed by atoms with Crippen molar-refractivity contribution in [3.63, 3.8) is 0 Å². The van der Waals surface area contributed by atoms with Gasteiger partial charge in [0.05, 0.1) is 17.2 Å². The summed E-state index contributed by atoms with van der Waals surface area (Å²) in [7, 11) is 1.58. The van der Waals surface area contributed by atoms with Crippen LogP contribution < -0.4 is 14.8 Å². The van der Waals surface area contributed by atoms with Crippen LogP contribution in [0.2, 0.25) is 10.0 Å². The highest BCUT2D eigenvalue weighted by atomic mass is 35.5. The molecule has 3 aromatic rings. The monoisotopic (exact) mass is 542 g/mol. The lowest BCUT2D eigenvalue weighted by Crippen LogP contribution is -2.53. The summed E-state index contributed by atoms with van der Waals surface area (Å²) in [6.07, 6.45) is 1.11. The Labute approximate surface area is 228 Å². The van der Waals surface area contributed by atoms with E-state index in [4.69, 9.17) is 32.7 Å². The van der Waals surface area contributed by atoms with E-state index in [1.165, 1.54) is 0 Å². The van der Waals surface area contributed by atoms with Gasteiger partial charge in [-0.05, 0) is 60.9 Å². The van der Waals surface area contributed by atoms with Crippen molar-refractivity contribution in [3.8, 4) is 11.5 Å². The standard InChI is InChI=1S/C29H32Cl2N2O4/c1-4-20(2)32-29(35)27(17-21-8-6-5-7-9-21)33(18-22-10-15-25(30)26(31)16-22)28(34)19-37-24-13-11-23(36-3)12-14-24/h5-16,20,27H,4,17-19H2,1-3H3,(H,32,35)/t20-,27+/m1/s1. The van der Waals surface area contributed by atoms with Crippen LogP contribution >= 0.6 is 23.2 Å². The molecule has 0 spiro atoms. The summed E-state index contributed by atoms with van der Waals surface area (Å²) in [5, 5.41) is 3.84. The first-order chi connectivity index (χ1) is 17.8. The molecule has 0 aliphatic rings. The molecule has 0 saturated heterocycles. The fourth-order valence-corrected chi connectivity index (χ4v) is 4.05. The average Bonchev–Trinajstić information content (AvgIpc) is 2.91. The van der Waals surface area contributed by atoms with E-state index in [0.29, 0.717) is 28.0 Å². The summed E-state index contributed by atoms with van der Waals surface area (Å²) in [6.45, 7) is 3.86.